The van der Waals surface area contributed by atoms with Gasteiger partial charge in [0.1, 0.15) is 17.3 Å². The zero-order valence-electron chi connectivity index (χ0n) is 11.6. The molecule has 0 spiro atoms. The highest BCUT2D eigenvalue weighted by Crippen LogP contribution is 2.48. The first kappa shape index (κ1) is 12.5. The highest BCUT2D eigenvalue weighted by atomic mass is 16.5. The van der Waals surface area contributed by atoms with Crippen molar-refractivity contribution in [1.82, 2.24) is 0 Å². The molecule has 2 aliphatic carbocycles. The van der Waals surface area contributed by atoms with Crippen LogP contribution in [0.3, 0.4) is 0 Å². The van der Waals surface area contributed by atoms with E-state index in [2.05, 4.69) is 0 Å². The summed E-state index contributed by atoms with van der Waals surface area (Å²) in [6.07, 6.45) is 5.07. The van der Waals surface area contributed by atoms with E-state index < -0.39 is 0 Å². The van der Waals surface area contributed by atoms with E-state index in [0.29, 0.717) is 18.1 Å². The van der Waals surface area contributed by atoms with Gasteiger partial charge in [-0.15, -0.1) is 0 Å². The van der Waals surface area contributed by atoms with Crippen molar-refractivity contribution in [2.75, 3.05) is 14.2 Å². The first-order valence-electron chi connectivity index (χ1n) is 7.02. The Morgan fingerprint density at radius 1 is 1.05 bits per heavy atom. The summed E-state index contributed by atoms with van der Waals surface area (Å²) >= 11 is 0. The predicted molar refractivity (Wildman–Crippen MR) is 73.0 cm³/mol. The number of hydrogen-bond acceptors (Lipinski definition) is 3. The van der Waals surface area contributed by atoms with Gasteiger partial charge in [0.25, 0.3) is 0 Å². The van der Waals surface area contributed by atoms with Crippen LogP contribution in [0.1, 0.15) is 42.7 Å². The number of carbonyl (C=O) groups is 1. The van der Waals surface area contributed by atoms with Crippen molar-refractivity contribution in [1.29, 1.82) is 0 Å². The molecule has 0 aliphatic heterocycles. The average Bonchev–Trinajstić information content (AvgIpc) is 2.46. The van der Waals surface area contributed by atoms with Gasteiger partial charge in [-0.25, -0.2) is 0 Å². The molecule has 3 nitrogen and oxygen atoms in total. The molecule has 0 amide bonds. The van der Waals surface area contributed by atoms with Crippen LogP contribution in [0.5, 0.6) is 11.5 Å². The summed E-state index contributed by atoms with van der Waals surface area (Å²) < 4.78 is 10.9. The van der Waals surface area contributed by atoms with E-state index in [1.807, 2.05) is 12.1 Å². The number of fused-ring (bicyclic) bond motifs is 3. The number of methoxy groups -OCH3 is 2. The molecule has 0 N–H and O–H groups in total. The standard InChI is InChI=1S/C16H20O3/c1-18-11-7-10-8-14(17)12-5-3-4-6-13(12)16(10)15(9-11)19-2/h7,9,12-13H,3-6,8H2,1-2H3/t12-,13-/m1/s1. The summed E-state index contributed by atoms with van der Waals surface area (Å²) in [6, 6.07) is 3.95. The minimum atomic E-state index is 0.212. The first-order valence-corrected chi connectivity index (χ1v) is 7.02. The van der Waals surface area contributed by atoms with Crippen molar-refractivity contribution < 1.29 is 14.3 Å². The second-order valence-corrected chi connectivity index (χ2v) is 5.54. The summed E-state index contributed by atoms with van der Waals surface area (Å²) in [4.78, 5) is 12.3. The van der Waals surface area contributed by atoms with Crippen molar-refractivity contribution in [2.45, 2.75) is 38.0 Å². The second-order valence-electron chi connectivity index (χ2n) is 5.54. The second kappa shape index (κ2) is 4.87. The molecule has 0 heterocycles. The van der Waals surface area contributed by atoms with Crippen LogP contribution in [0.4, 0.5) is 0 Å². The van der Waals surface area contributed by atoms with Gasteiger partial charge in [-0.1, -0.05) is 12.8 Å². The third-order valence-electron chi connectivity index (χ3n) is 4.57. The molecule has 1 fully saturated rings. The van der Waals surface area contributed by atoms with Crippen LogP contribution >= 0.6 is 0 Å². The summed E-state index contributed by atoms with van der Waals surface area (Å²) in [5.41, 5.74) is 2.36. The summed E-state index contributed by atoms with van der Waals surface area (Å²) in [5, 5.41) is 0. The number of Topliss-reactive ketones (excluding diaryl/α,β-unsaturated/α-hetero) is 1. The SMILES string of the molecule is COc1cc2c(c(OC)c1)[C@@H]1CCCC[C@H]1C(=O)C2. The lowest BCUT2D eigenvalue weighted by Crippen LogP contribution is -2.32. The molecule has 1 aromatic rings. The van der Waals surface area contributed by atoms with Gasteiger partial charge in [0, 0.05) is 24.0 Å². The average molecular weight is 260 g/mol. The largest absolute Gasteiger partial charge is 0.497 e. The molecular formula is C16H20O3. The van der Waals surface area contributed by atoms with E-state index in [4.69, 9.17) is 9.47 Å². The molecule has 0 unspecified atom stereocenters. The lowest BCUT2D eigenvalue weighted by molar-refractivity contribution is -0.124. The number of hydrogen-bond donors (Lipinski definition) is 0. The highest BCUT2D eigenvalue weighted by Gasteiger charge is 2.39. The summed E-state index contributed by atoms with van der Waals surface area (Å²) in [7, 11) is 3.35. The molecule has 19 heavy (non-hydrogen) atoms. The van der Waals surface area contributed by atoms with Crippen LogP contribution in [0, 0.1) is 5.92 Å². The predicted octanol–water partition coefficient (Wildman–Crippen LogP) is 3.10. The van der Waals surface area contributed by atoms with Crippen molar-refractivity contribution in [3.63, 3.8) is 0 Å². The molecule has 0 radical (unpaired) electrons. The molecule has 2 aliphatic rings. The van der Waals surface area contributed by atoms with Crippen molar-refractivity contribution in [3.05, 3.63) is 23.3 Å². The van der Waals surface area contributed by atoms with Gasteiger partial charge in [0.15, 0.2) is 0 Å². The number of rotatable bonds is 2. The minimum Gasteiger partial charge on any atom is -0.497 e. The van der Waals surface area contributed by atoms with Gasteiger partial charge < -0.3 is 9.47 Å². The zero-order valence-corrected chi connectivity index (χ0v) is 11.6. The van der Waals surface area contributed by atoms with E-state index in [0.717, 1.165) is 29.9 Å². The van der Waals surface area contributed by atoms with E-state index >= 15 is 0 Å². The van der Waals surface area contributed by atoms with Crippen molar-refractivity contribution in [3.8, 4) is 11.5 Å². The maximum atomic E-state index is 12.3. The van der Waals surface area contributed by atoms with Crippen molar-refractivity contribution >= 4 is 5.78 Å². The quantitative estimate of drug-likeness (QED) is 0.819. The first-order chi connectivity index (χ1) is 9.24. The fourth-order valence-corrected chi connectivity index (χ4v) is 3.69. The Morgan fingerprint density at radius 2 is 1.79 bits per heavy atom. The van der Waals surface area contributed by atoms with E-state index in [-0.39, 0.29) is 5.92 Å². The van der Waals surface area contributed by atoms with Crippen LogP contribution in [0.25, 0.3) is 0 Å². The zero-order chi connectivity index (χ0) is 13.4. The molecule has 3 rings (SSSR count). The minimum absolute atomic E-state index is 0.212. The monoisotopic (exact) mass is 260 g/mol. The van der Waals surface area contributed by atoms with Crippen LogP contribution in [-0.4, -0.2) is 20.0 Å². The van der Waals surface area contributed by atoms with Gasteiger partial charge in [0.05, 0.1) is 14.2 Å². The summed E-state index contributed by atoms with van der Waals surface area (Å²) in [6.45, 7) is 0. The Labute approximate surface area is 113 Å². The number of carbonyl (C=O) groups excluding carboxylic acids is 1. The van der Waals surface area contributed by atoms with Crippen molar-refractivity contribution in [2.24, 2.45) is 5.92 Å². The van der Waals surface area contributed by atoms with Crippen LogP contribution in [0.15, 0.2) is 12.1 Å². The van der Waals surface area contributed by atoms with Crippen LogP contribution in [0.2, 0.25) is 0 Å². The fraction of sp³-hybridized carbons (Fsp3) is 0.562. The molecule has 3 heteroatoms. The molecule has 2 atom stereocenters. The highest BCUT2D eigenvalue weighted by molar-refractivity contribution is 5.87. The Balaban J connectivity index is 2.12. The Kier molecular flexibility index (Phi) is 3.21. The number of ketones is 1. The van der Waals surface area contributed by atoms with Gasteiger partial charge in [-0.3, -0.25) is 4.79 Å². The molecule has 1 aromatic carbocycles. The van der Waals surface area contributed by atoms with Gasteiger partial charge in [-0.05, 0) is 30.4 Å². The van der Waals surface area contributed by atoms with E-state index in [1.54, 1.807) is 14.2 Å². The lowest BCUT2D eigenvalue weighted by Gasteiger charge is -2.37. The number of benzene rings is 1. The van der Waals surface area contributed by atoms with Gasteiger partial charge >= 0.3 is 0 Å². The third kappa shape index (κ3) is 2.01. The Morgan fingerprint density at radius 3 is 2.47 bits per heavy atom. The number of ether oxygens (including phenoxy) is 2. The Hall–Kier alpha value is -1.51. The summed E-state index contributed by atoms with van der Waals surface area (Å²) in [5.74, 6) is 2.62. The van der Waals surface area contributed by atoms with Crippen LogP contribution < -0.4 is 9.47 Å². The van der Waals surface area contributed by atoms with Gasteiger partial charge in [-0.2, -0.15) is 0 Å². The maximum Gasteiger partial charge on any atom is 0.140 e. The lowest BCUT2D eigenvalue weighted by atomic mass is 9.67. The van der Waals surface area contributed by atoms with E-state index in [1.165, 1.54) is 18.4 Å². The fourth-order valence-electron chi connectivity index (χ4n) is 3.69. The molecule has 0 aromatic heterocycles. The molecule has 0 saturated heterocycles. The molecule has 1 saturated carbocycles. The smallest absolute Gasteiger partial charge is 0.140 e. The molecule has 102 valence electrons. The van der Waals surface area contributed by atoms with Crippen LogP contribution in [-0.2, 0) is 11.2 Å². The third-order valence-corrected chi connectivity index (χ3v) is 4.57. The topological polar surface area (TPSA) is 35.5 Å². The normalized spacial score (nSPS) is 25.5. The van der Waals surface area contributed by atoms with Gasteiger partial charge in [0.2, 0.25) is 0 Å². The molecular weight excluding hydrogens is 240 g/mol. The Bertz CT molecular complexity index is 507. The van der Waals surface area contributed by atoms with E-state index in [9.17, 15) is 4.79 Å². The molecule has 0 bridgehead atoms. The maximum absolute atomic E-state index is 12.3.